The molecule has 3 heteroatoms. The van der Waals surface area contributed by atoms with Crippen LogP contribution in [0, 0.1) is 33.5 Å². The first-order valence-corrected chi connectivity index (χ1v) is 9.31. The van der Waals surface area contributed by atoms with E-state index in [1.54, 1.807) is 12.1 Å². The molecule has 0 nitrogen and oxygen atoms in total. The number of hydrogen-bond acceptors (Lipinski definition) is 0. The van der Waals surface area contributed by atoms with E-state index in [0.29, 0.717) is 0 Å². The summed E-state index contributed by atoms with van der Waals surface area (Å²) in [5.74, 6) is -0.192. The summed E-state index contributed by atoms with van der Waals surface area (Å²) in [6.07, 6.45) is 0. The summed E-state index contributed by atoms with van der Waals surface area (Å²) >= 11 is 0. The summed E-state index contributed by atoms with van der Waals surface area (Å²) in [5, 5.41) is 0. The summed E-state index contributed by atoms with van der Waals surface area (Å²) in [5.41, 5.74) is 5.03. The Hall–Kier alpha value is -1.58. The van der Waals surface area contributed by atoms with Gasteiger partial charge in [0, 0.05) is 0 Å². The molecule has 0 atom stereocenters. The number of halogens is 2. The highest BCUT2D eigenvalue weighted by molar-refractivity contribution is 7.97. The molecule has 25 heavy (non-hydrogen) atoms. The van der Waals surface area contributed by atoms with Crippen molar-refractivity contribution in [3.05, 3.63) is 88.7 Å². The smallest absolute Gasteiger partial charge is 0.167 e. The largest absolute Gasteiger partial charge is 1.00 e. The van der Waals surface area contributed by atoms with Crippen LogP contribution in [0.5, 0.6) is 0 Å². The van der Waals surface area contributed by atoms with Gasteiger partial charge in [0.1, 0.15) is 5.82 Å². The molecule has 3 aromatic rings. The molecule has 3 aromatic carbocycles. The van der Waals surface area contributed by atoms with E-state index in [4.69, 9.17) is 0 Å². The summed E-state index contributed by atoms with van der Waals surface area (Å²) in [6.45, 7) is 8.52. The van der Waals surface area contributed by atoms with Crippen LogP contribution in [-0.4, -0.2) is 0 Å². The molecule has 130 valence electrons. The second-order valence-corrected chi connectivity index (χ2v) is 8.43. The van der Waals surface area contributed by atoms with Gasteiger partial charge in [0.25, 0.3) is 0 Å². The fraction of sp³-hybridized carbons (Fsp3) is 0.182. The van der Waals surface area contributed by atoms with Crippen LogP contribution in [-0.2, 0) is 10.9 Å². The molecule has 0 spiro atoms. The van der Waals surface area contributed by atoms with Gasteiger partial charge in [-0.3, -0.25) is 0 Å². The molecule has 0 unspecified atom stereocenters. The highest BCUT2D eigenvalue weighted by Gasteiger charge is 2.29. The third-order valence-corrected chi connectivity index (χ3v) is 6.07. The number of benzene rings is 3. The van der Waals surface area contributed by atoms with E-state index in [9.17, 15) is 4.39 Å². The van der Waals surface area contributed by atoms with Gasteiger partial charge in [0.05, 0.1) is 10.9 Å². The lowest BCUT2D eigenvalue weighted by molar-refractivity contribution is -0.00000574. The van der Waals surface area contributed by atoms with E-state index < -0.39 is 0 Å². The maximum absolute atomic E-state index is 13.4. The summed E-state index contributed by atoms with van der Waals surface area (Å²) in [7, 11) is -0.231. The van der Waals surface area contributed by atoms with Gasteiger partial charge in [0.15, 0.2) is 14.7 Å². The summed E-state index contributed by atoms with van der Waals surface area (Å²) < 4.78 is 13.4. The van der Waals surface area contributed by atoms with Crippen molar-refractivity contribution in [1.82, 2.24) is 0 Å². The van der Waals surface area contributed by atoms with Crippen molar-refractivity contribution >= 4 is 10.9 Å². The van der Waals surface area contributed by atoms with E-state index in [1.807, 2.05) is 12.1 Å². The van der Waals surface area contributed by atoms with E-state index in [0.717, 1.165) is 4.90 Å². The molecular weight excluding hydrogens is 395 g/mol. The average molecular weight is 417 g/mol. The average Bonchev–Trinajstić information content (AvgIpc) is 2.47. The van der Waals surface area contributed by atoms with Crippen molar-refractivity contribution in [2.24, 2.45) is 0 Å². The van der Waals surface area contributed by atoms with Crippen LogP contribution in [0.4, 0.5) is 4.39 Å². The lowest BCUT2D eigenvalue weighted by Crippen LogP contribution is -3.00. The van der Waals surface area contributed by atoms with E-state index in [2.05, 4.69) is 64.1 Å². The van der Waals surface area contributed by atoms with Crippen molar-refractivity contribution in [2.75, 3.05) is 0 Å². The minimum absolute atomic E-state index is 0. The maximum Gasteiger partial charge on any atom is 0.167 e. The standard InChI is InChI=1S/C22H22FS.BrH/c1-15-9-16(2)12-21(11-15)24(20-7-5-19(23)6-8-20)22-13-17(3)10-18(4)14-22;/h5-14H,1-4H3;1H/q+1;/p-1. The predicted molar refractivity (Wildman–Crippen MR) is 100 cm³/mol. The zero-order valence-electron chi connectivity index (χ0n) is 14.9. The minimum atomic E-state index is -0.231. The molecular formula is C22H22BrFS. The lowest BCUT2D eigenvalue weighted by atomic mass is 10.2. The zero-order valence-corrected chi connectivity index (χ0v) is 17.3. The first kappa shape index (κ1) is 19.7. The first-order chi connectivity index (χ1) is 11.4. The lowest BCUT2D eigenvalue weighted by Gasteiger charge is -2.11. The highest BCUT2D eigenvalue weighted by atomic mass is 79.9. The fourth-order valence-corrected chi connectivity index (χ4v) is 5.52. The molecule has 0 aliphatic rings. The summed E-state index contributed by atoms with van der Waals surface area (Å²) in [6, 6.07) is 20.3. The number of aryl methyl sites for hydroxylation is 4. The van der Waals surface area contributed by atoms with E-state index in [-0.39, 0.29) is 33.7 Å². The fourth-order valence-electron chi connectivity index (χ4n) is 3.08. The van der Waals surface area contributed by atoms with Crippen LogP contribution < -0.4 is 17.0 Å². The molecule has 0 aliphatic heterocycles. The molecule has 0 bridgehead atoms. The van der Waals surface area contributed by atoms with Crippen LogP contribution in [0.1, 0.15) is 22.3 Å². The monoisotopic (exact) mass is 416 g/mol. The number of rotatable bonds is 3. The molecule has 3 rings (SSSR count). The molecule has 0 aliphatic carbocycles. The molecule has 0 aromatic heterocycles. The van der Waals surface area contributed by atoms with Crippen LogP contribution in [0.3, 0.4) is 0 Å². The Kier molecular flexibility index (Phi) is 6.47. The Bertz CT molecular complexity index is 780. The van der Waals surface area contributed by atoms with Crippen LogP contribution >= 0.6 is 0 Å². The van der Waals surface area contributed by atoms with Gasteiger partial charge < -0.3 is 17.0 Å². The van der Waals surface area contributed by atoms with Gasteiger partial charge in [-0.1, -0.05) is 12.1 Å². The second-order valence-electron chi connectivity index (χ2n) is 6.41. The first-order valence-electron chi connectivity index (χ1n) is 8.09. The van der Waals surface area contributed by atoms with Gasteiger partial charge in [-0.25, -0.2) is 4.39 Å². The molecule has 0 saturated heterocycles. The Labute approximate surface area is 163 Å². The van der Waals surface area contributed by atoms with Crippen molar-refractivity contribution in [3.8, 4) is 0 Å². The Morgan fingerprint density at radius 2 is 0.920 bits per heavy atom. The quantitative estimate of drug-likeness (QED) is 0.575. The van der Waals surface area contributed by atoms with Gasteiger partial charge in [0.2, 0.25) is 0 Å². The summed E-state index contributed by atoms with van der Waals surface area (Å²) in [4.78, 5) is 3.71. The Balaban J connectivity index is 0.00000225. The number of hydrogen-bond donors (Lipinski definition) is 0. The Morgan fingerprint density at radius 1 is 0.560 bits per heavy atom. The predicted octanol–water partition coefficient (Wildman–Crippen LogP) is 3.16. The SMILES string of the molecule is Cc1cc(C)cc([S+](c2ccc(F)cc2)c2cc(C)cc(C)c2)c1.[Br-]. The van der Waals surface area contributed by atoms with Gasteiger partial charge in [-0.2, -0.15) is 0 Å². The van der Waals surface area contributed by atoms with Crippen LogP contribution in [0.2, 0.25) is 0 Å². The van der Waals surface area contributed by atoms with E-state index >= 15 is 0 Å². The minimum Gasteiger partial charge on any atom is -1.00 e. The van der Waals surface area contributed by atoms with Crippen molar-refractivity contribution in [1.29, 1.82) is 0 Å². The topological polar surface area (TPSA) is 0 Å². The maximum atomic E-state index is 13.4. The normalized spacial score (nSPS) is 10.6. The molecule has 0 fully saturated rings. The third kappa shape index (κ3) is 4.74. The highest BCUT2D eigenvalue weighted by Crippen LogP contribution is 2.33. The second kappa shape index (κ2) is 8.20. The van der Waals surface area contributed by atoms with E-state index in [1.165, 1.54) is 32.0 Å². The van der Waals surface area contributed by atoms with Crippen LogP contribution in [0.25, 0.3) is 0 Å². The molecule has 0 amide bonds. The Morgan fingerprint density at radius 3 is 1.28 bits per heavy atom. The van der Waals surface area contributed by atoms with Crippen molar-refractivity contribution < 1.29 is 21.4 Å². The van der Waals surface area contributed by atoms with Crippen LogP contribution in [0.15, 0.2) is 75.4 Å². The zero-order chi connectivity index (χ0) is 17.3. The van der Waals surface area contributed by atoms with Crippen molar-refractivity contribution in [2.45, 2.75) is 42.4 Å². The third-order valence-electron chi connectivity index (χ3n) is 3.91. The molecule has 0 N–H and O–H groups in total. The van der Waals surface area contributed by atoms with Crippen molar-refractivity contribution in [3.63, 3.8) is 0 Å². The molecule has 0 saturated carbocycles. The molecule has 0 radical (unpaired) electrons. The van der Waals surface area contributed by atoms with Gasteiger partial charge >= 0.3 is 0 Å². The molecule has 0 heterocycles. The van der Waals surface area contributed by atoms with Gasteiger partial charge in [-0.15, -0.1) is 0 Å². The van der Waals surface area contributed by atoms with Gasteiger partial charge in [-0.05, 0) is 98.5 Å².